The summed E-state index contributed by atoms with van der Waals surface area (Å²) in [4.78, 5) is 10.4. The van der Waals surface area contributed by atoms with Gasteiger partial charge in [0.15, 0.2) is 5.78 Å². The molecule has 0 saturated heterocycles. The second kappa shape index (κ2) is 2.88. The first-order valence-corrected chi connectivity index (χ1v) is 2.77. The Balaban J connectivity index is 4.23. The minimum atomic E-state index is 0.0394. The van der Waals surface area contributed by atoms with Crippen LogP contribution in [0.15, 0.2) is 10.6 Å². The van der Waals surface area contributed by atoms with E-state index in [2.05, 4.69) is 0 Å². The normalized spacial score (nSPS) is 13.0. The van der Waals surface area contributed by atoms with E-state index in [4.69, 9.17) is 11.6 Å². The number of Topliss-reactive ketones (excluding diaryl/α,β-unsaturated/α-hetero) is 1. The summed E-state index contributed by atoms with van der Waals surface area (Å²) in [6, 6.07) is 0. The van der Waals surface area contributed by atoms with Crippen molar-refractivity contribution in [3.8, 4) is 0 Å². The highest BCUT2D eigenvalue weighted by Gasteiger charge is 1.97. The molecule has 0 aliphatic heterocycles. The minimum Gasteiger partial charge on any atom is -0.295 e. The maximum Gasteiger partial charge on any atom is 0.156 e. The van der Waals surface area contributed by atoms with Crippen LogP contribution in [0, 0.1) is 0 Å². The fourth-order valence-electron chi connectivity index (χ4n) is 0.243. The van der Waals surface area contributed by atoms with E-state index in [-0.39, 0.29) is 5.78 Å². The Morgan fingerprint density at radius 2 is 1.62 bits per heavy atom. The molecule has 0 fully saturated rings. The zero-order valence-corrected chi connectivity index (χ0v) is 6.04. The van der Waals surface area contributed by atoms with Crippen LogP contribution in [0.1, 0.15) is 20.8 Å². The third kappa shape index (κ3) is 2.12. The van der Waals surface area contributed by atoms with Crippen LogP contribution >= 0.6 is 11.6 Å². The van der Waals surface area contributed by atoms with Gasteiger partial charge in [0.2, 0.25) is 0 Å². The van der Waals surface area contributed by atoms with Crippen molar-refractivity contribution in [1.82, 2.24) is 0 Å². The maximum atomic E-state index is 10.4. The smallest absolute Gasteiger partial charge is 0.156 e. The lowest BCUT2D eigenvalue weighted by molar-refractivity contribution is -0.113. The van der Waals surface area contributed by atoms with Gasteiger partial charge in [-0.25, -0.2) is 0 Å². The van der Waals surface area contributed by atoms with E-state index in [9.17, 15) is 4.79 Å². The molecule has 46 valence electrons. The van der Waals surface area contributed by atoms with Crippen LogP contribution in [0.25, 0.3) is 0 Å². The number of carbonyl (C=O) groups is 1. The molecule has 0 aromatic rings. The topological polar surface area (TPSA) is 17.1 Å². The molecule has 0 heterocycles. The van der Waals surface area contributed by atoms with Gasteiger partial charge in [0.05, 0.1) is 0 Å². The molecule has 0 rings (SSSR count). The number of allylic oxidation sites excluding steroid dienone is 2. The van der Waals surface area contributed by atoms with Gasteiger partial charge in [-0.15, -0.1) is 0 Å². The molecule has 0 unspecified atom stereocenters. The van der Waals surface area contributed by atoms with Crippen LogP contribution in [-0.2, 0) is 4.79 Å². The zero-order valence-electron chi connectivity index (χ0n) is 5.29. The van der Waals surface area contributed by atoms with Gasteiger partial charge in [-0.05, 0) is 20.8 Å². The minimum absolute atomic E-state index is 0.0394. The van der Waals surface area contributed by atoms with Gasteiger partial charge in [-0.2, -0.15) is 0 Å². The largest absolute Gasteiger partial charge is 0.295 e. The van der Waals surface area contributed by atoms with Gasteiger partial charge in [0.25, 0.3) is 0 Å². The molecule has 0 aliphatic rings. The Morgan fingerprint density at radius 1 is 1.25 bits per heavy atom. The predicted molar refractivity (Wildman–Crippen MR) is 34.9 cm³/mol. The summed E-state index contributed by atoms with van der Waals surface area (Å²) in [5.74, 6) is 0.0394. The van der Waals surface area contributed by atoms with Crippen LogP contribution in [-0.4, -0.2) is 5.78 Å². The zero-order chi connectivity index (χ0) is 6.73. The summed E-state index contributed by atoms with van der Waals surface area (Å²) < 4.78 is 0. The molecule has 0 radical (unpaired) electrons. The van der Waals surface area contributed by atoms with E-state index >= 15 is 0 Å². The molecule has 0 spiro atoms. The molecule has 0 saturated carbocycles. The van der Waals surface area contributed by atoms with E-state index < -0.39 is 0 Å². The van der Waals surface area contributed by atoms with Crippen molar-refractivity contribution in [3.63, 3.8) is 0 Å². The molecule has 0 bridgehead atoms. The third-order valence-corrected chi connectivity index (χ3v) is 1.33. The summed E-state index contributed by atoms with van der Waals surface area (Å²) in [6.45, 7) is 4.92. The molecule has 2 heteroatoms. The molecule has 0 aliphatic carbocycles. The lowest BCUT2D eigenvalue weighted by Gasteiger charge is -1.91. The van der Waals surface area contributed by atoms with Crippen molar-refractivity contribution in [3.05, 3.63) is 10.6 Å². The standard InChI is InChI=1S/C6H9ClO/c1-4(5(2)7)6(3)8/h1-3H3/b5-4-. The number of rotatable bonds is 1. The van der Waals surface area contributed by atoms with E-state index in [0.717, 1.165) is 0 Å². The van der Waals surface area contributed by atoms with Crippen molar-refractivity contribution >= 4 is 17.4 Å². The molecule has 0 N–H and O–H groups in total. The van der Waals surface area contributed by atoms with Gasteiger partial charge >= 0.3 is 0 Å². The van der Waals surface area contributed by atoms with Crippen molar-refractivity contribution in [1.29, 1.82) is 0 Å². The predicted octanol–water partition coefficient (Wildman–Crippen LogP) is 2.11. The van der Waals surface area contributed by atoms with Crippen molar-refractivity contribution in [2.24, 2.45) is 0 Å². The van der Waals surface area contributed by atoms with E-state index in [1.807, 2.05) is 0 Å². The average molecular weight is 133 g/mol. The number of ketones is 1. The first-order chi connectivity index (χ1) is 3.55. The van der Waals surface area contributed by atoms with E-state index in [0.29, 0.717) is 10.6 Å². The first kappa shape index (κ1) is 7.70. The second-order valence-corrected chi connectivity index (χ2v) is 2.28. The van der Waals surface area contributed by atoms with Crippen LogP contribution in [0.5, 0.6) is 0 Å². The number of carbonyl (C=O) groups excluding carboxylic acids is 1. The summed E-state index contributed by atoms with van der Waals surface area (Å²) in [5, 5.41) is 0.581. The average Bonchev–Trinajstić information content (AvgIpc) is 1.64. The van der Waals surface area contributed by atoms with Gasteiger partial charge < -0.3 is 0 Å². The van der Waals surface area contributed by atoms with Crippen molar-refractivity contribution in [2.45, 2.75) is 20.8 Å². The Labute approximate surface area is 54.3 Å². The van der Waals surface area contributed by atoms with Crippen LogP contribution in [0.4, 0.5) is 0 Å². The summed E-state index contributed by atoms with van der Waals surface area (Å²) in [7, 11) is 0. The lowest BCUT2D eigenvalue weighted by Crippen LogP contribution is -1.91. The summed E-state index contributed by atoms with van der Waals surface area (Å²) in [5.41, 5.74) is 0.645. The maximum absolute atomic E-state index is 10.4. The number of hydrogen-bond donors (Lipinski definition) is 0. The SMILES string of the molecule is CC(=O)/C(C)=C(/C)Cl. The van der Waals surface area contributed by atoms with Crippen molar-refractivity contribution in [2.75, 3.05) is 0 Å². The molecule has 0 aromatic carbocycles. The van der Waals surface area contributed by atoms with Gasteiger partial charge in [-0.3, -0.25) is 4.79 Å². The molecular weight excluding hydrogens is 124 g/mol. The van der Waals surface area contributed by atoms with E-state index in [1.165, 1.54) is 6.92 Å². The molecule has 1 nitrogen and oxygen atoms in total. The molecule has 0 atom stereocenters. The highest BCUT2D eigenvalue weighted by atomic mass is 35.5. The Bertz CT molecular complexity index is 131. The molecular formula is C6H9ClO. The van der Waals surface area contributed by atoms with Gasteiger partial charge in [-0.1, -0.05) is 11.6 Å². The fraction of sp³-hybridized carbons (Fsp3) is 0.500. The first-order valence-electron chi connectivity index (χ1n) is 2.39. The highest BCUT2D eigenvalue weighted by molar-refractivity contribution is 6.31. The number of halogens is 1. The molecule has 0 aromatic heterocycles. The van der Waals surface area contributed by atoms with Crippen LogP contribution in [0.3, 0.4) is 0 Å². The third-order valence-electron chi connectivity index (χ3n) is 1.04. The lowest BCUT2D eigenvalue weighted by atomic mass is 10.2. The summed E-state index contributed by atoms with van der Waals surface area (Å²) in [6.07, 6.45) is 0. The highest BCUT2D eigenvalue weighted by Crippen LogP contribution is 2.07. The van der Waals surface area contributed by atoms with E-state index in [1.54, 1.807) is 13.8 Å². The van der Waals surface area contributed by atoms with Crippen LogP contribution in [0.2, 0.25) is 0 Å². The van der Waals surface area contributed by atoms with Gasteiger partial charge in [0.1, 0.15) is 0 Å². The quantitative estimate of drug-likeness (QED) is 0.500. The van der Waals surface area contributed by atoms with Gasteiger partial charge in [0, 0.05) is 10.6 Å². The molecule has 0 amide bonds. The van der Waals surface area contributed by atoms with Crippen molar-refractivity contribution < 1.29 is 4.79 Å². The van der Waals surface area contributed by atoms with Crippen LogP contribution < -0.4 is 0 Å². The molecule has 8 heavy (non-hydrogen) atoms. The second-order valence-electron chi connectivity index (χ2n) is 1.71. The Hall–Kier alpha value is -0.300. The summed E-state index contributed by atoms with van der Waals surface area (Å²) >= 11 is 5.48. The Morgan fingerprint density at radius 3 is 1.62 bits per heavy atom. The Kier molecular flexibility index (Phi) is 2.77. The monoisotopic (exact) mass is 132 g/mol. The fourth-order valence-corrected chi connectivity index (χ4v) is 0.376. The number of hydrogen-bond acceptors (Lipinski definition) is 1.